The number of benzene rings is 2. The van der Waals surface area contributed by atoms with E-state index < -0.39 is 23.1 Å². The molecule has 0 aliphatic heterocycles. The maximum absolute atomic E-state index is 13.9. The zero-order valence-corrected chi connectivity index (χ0v) is 12.2. The van der Waals surface area contributed by atoms with Gasteiger partial charge in [-0.15, -0.1) is 0 Å². The monoisotopic (exact) mass is 344 g/mol. The van der Waals surface area contributed by atoms with Crippen molar-refractivity contribution in [2.45, 2.75) is 18.9 Å². The Bertz CT molecular complexity index is 641. The summed E-state index contributed by atoms with van der Waals surface area (Å²) >= 11 is 2.96. The highest BCUT2D eigenvalue weighted by Gasteiger charge is 2.29. The van der Waals surface area contributed by atoms with Crippen molar-refractivity contribution >= 4 is 15.9 Å². The van der Waals surface area contributed by atoms with Crippen LogP contribution < -0.4 is 0 Å². The van der Waals surface area contributed by atoms with Crippen molar-refractivity contribution in [2.24, 2.45) is 0 Å². The molecular weight excluding hydrogens is 333 g/mol. The molecule has 0 saturated carbocycles. The molecule has 5 heteroatoms. The number of aliphatic hydroxyl groups is 1. The number of halogens is 4. The van der Waals surface area contributed by atoms with Crippen molar-refractivity contribution in [1.82, 2.24) is 0 Å². The summed E-state index contributed by atoms with van der Waals surface area (Å²) in [5, 5.41) is 10.4. The van der Waals surface area contributed by atoms with Crippen molar-refractivity contribution in [3.05, 3.63) is 69.4 Å². The first-order valence-electron chi connectivity index (χ1n) is 5.92. The van der Waals surface area contributed by atoms with Crippen LogP contribution in [0.3, 0.4) is 0 Å². The Labute approximate surface area is 123 Å². The van der Waals surface area contributed by atoms with Gasteiger partial charge in [0.1, 0.15) is 17.5 Å². The van der Waals surface area contributed by atoms with E-state index >= 15 is 0 Å². The zero-order chi connectivity index (χ0) is 14.9. The normalized spacial score (nSPS) is 14.1. The van der Waals surface area contributed by atoms with E-state index in [-0.39, 0.29) is 22.0 Å². The number of rotatable bonds is 3. The van der Waals surface area contributed by atoms with E-state index in [1.165, 1.54) is 31.2 Å². The van der Waals surface area contributed by atoms with Gasteiger partial charge in [-0.2, -0.15) is 0 Å². The largest absolute Gasteiger partial charge is 0.385 e. The molecule has 0 aliphatic rings. The summed E-state index contributed by atoms with van der Waals surface area (Å²) < 4.78 is 41.4. The summed E-state index contributed by atoms with van der Waals surface area (Å²) in [6, 6.07) is 7.96. The van der Waals surface area contributed by atoms with Crippen LogP contribution in [0, 0.1) is 17.5 Å². The summed E-state index contributed by atoms with van der Waals surface area (Å²) in [7, 11) is 0. The van der Waals surface area contributed by atoms with E-state index in [9.17, 15) is 18.3 Å². The minimum atomic E-state index is -1.71. The fraction of sp³-hybridized carbons (Fsp3) is 0.200. The molecule has 2 aromatic rings. The number of hydrogen-bond acceptors (Lipinski definition) is 1. The first-order chi connectivity index (χ1) is 9.33. The second-order valence-corrected chi connectivity index (χ2v) is 5.61. The van der Waals surface area contributed by atoms with Crippen LogP contribution in [0.25, 0.3) is 0 Å². The van der Waals surface area contributed by atoms with Crippen molar-refractivity contribution < 1.29 is 18.3 Å². The van der Waals surface area contributed by atoms with E-state index in [4.69, 9.17) is 0 Å². The van der Waals surface area contributed by atoms with Gasteiger partial charge >= 0.3 is 0 Å². The van der Waals surface area contributed by atoms with Gasteiger partial charge in [-0.1, -0.05) is 18.2 Å². The molecule has 0 aliphatic carbocycles. The van der Waals surface area contributed by atoms with E-state index in [1.807, 2.05) is 0 Å². The van der Waals surface area contributed by atoms with Crippen LogP contribution in [0.2, 0.25) is 0 Å². The van der Waals surface area contributed by atoms with Crippen molar-refractivity contribution in [3.63, 3.8) is 0 Å². The first-order valence-corrected chi connectivity index (χ1v) is 6.72. The molecule has 20 heavy (non-hydrogen) atoms. The van der Waals surface area contributed by atoms with Crippen LogP contribution in [-0.4, -0.2) is 5.11 Å². The van der Waals surface area contributed by atoms with E-state index in [0.717, 1.165) is 6.07 Å². The van der Waals surface area contributed by atoms with E-state index in [1.54, 1.807) is 6.07 Å². The van der Waals surface area contributed by atoms with Gasteiger partial charge in [0.15, 0.2) is 0 Å². The lowest BCUT2D eigenvalue weighted by Gasteiger charge is -2.25. The van der Waals surface area contributed by atoms with Crippen LogP contribution in [0.15, 0.2) is 40.9 Å². The molecule has 1 nitrogen and oxygen atoms in total. The van der Waals surface area contributed by atoms with Crippen molar-refractivity contribution in [3.8, 4) is 0 Å². The third kappa shape index (κ3) is 2.88. The molecule has 2 aromatic carbocycles. The van der Waals surface area contributed by atoms with Gasteiger partial charge in [0, 0.05) is 17.5 Å². The van der Waals surface area contributed by atoms with Gasteiger partial charge in [0.05, 0.1) is 10.1 Å². The van der Waals surface area contributed by atoms with Gasteiger partial charge in [-0.05, 0) is 41.1 Å². The second-order valence-electron chi connectivity index (χ2n) is 4.75. The summed E-state index contributed by atoms with van der Waals surface area (Å²) in [6.07, 6.45) is -0.370. The standard InChI is InChI=1S/C15H12BrF3O/c1-15(20,10-4-2-3-5-13(10)18)8-9-12(17)7-6-11(16)14(9)19/h2-7,20H,8H2,1H3. The summed E-state index contributed by atoms with van der Waals surface area (Å²) in [6.45, 7) is 1.32. The van der Waals surface area contributed by atoms with Crippen molar-refractivity contribution in [1.29, 1.82) is 0 Å². The smallest absolute Gasteiger partial charge is 0.143 e. The lowest BCUT2D eigenvalue weighted by atomic mass is 9.88. The quantitative estimate of drug-likeness (QED) is 0.822. The first kappa shape index (κ1) is 15.1. The Morgan fingerprint density at radius 2 is 1.70 bits per heavy atom. The van der Waals surface area contributed by atoms with Crippen LogP contribution >= 0.6 is 15.9 Å². The SMILES string of the molecule is CC(O)(Cc1c(F)ccc(Br)c1F)c1ccccc1F. The van der Waals surface area contributed by atoms with E-state index in [2.05, 4.69) is 15.9 Å². The molecule has 0 fully saturated rings. The molecule has 0 bridgehead atoms. The van der Waals surface area contributed by atoms with Crippen molar-refractivity contribution in [2.75, 3.05) is 0 Å². The summed E-state index contributed by atoms with van der Waals surface area (Å²) in [5.41, 5.74) is -2.00. The molecule has 0 amide bonds. The Balaban J connectivity index is 2.44. The molecule has 1 unspecified atom stereocenters. The van der Waals surface area contributed by atoms with Gasteiger partial charge < -0.3 is 5.11 Å². The Hall–Kier alpha value is -1.33. The van der Waals surface area contributed by atoms with Crippen LogP contribution in [-0.2, 0) is 12.0 Å². The average Bonchev–Trinajstić information content (AvgIpc) is 2.39. The van der Waals surface area contributed by atoms with Crippen LogP contribution in [0.1, 0.15) is 18.1 Å². The topological polar surface area (TPSA) is 20.2 Å². The number of hydrogen-bond donors (Lipinski definition) is 1. The lowest BCUT2D eigenvalue weighted by Crippen LogP contribution is -2.27. The lowest BCUT2D eigenvalue weighted by molar-refractivity contribution is 0.0518. The van der Waals surface area contributed by atoms with Gasteiger partial charge in [0.2, 0.25) is 0 Å². The molecule has 0 radical (unpaired) electrons. The maximum Gasteiger partial charge on any atom is 0.143 e. The molecule has 0 heterocycles. The van der Waals surface area contributed by atoms with Crippen LogP contribution in [0.4, 0.5) is 13.2 Å². The highest BCUT2D eigenvalue weighted by Crippen LogP contribution is 2.31. The molecule has 1 N–H and O–H groups in total. The predicted octanol–water partition coefficient (Wildman–Crippen LogP) is 4.32. The third-order valence-electron chi connectivity index (χ3n) is 3.11. The van der Waals surface area contributed by atoms with Crippen LogP contribution in [0.5, 0.6) is 0 Å². The molecule has 106 valence electrons. The Morgan fingerprint density at radius 3 is 2.35 bits per heavy atom. The molecule has 2 rings (SSSR count). The minimum absolute atomic E-state index is 0.00113. The molecule has 0 saturated heterocycles. The fourth-order valence-electron chi connectivity index (χ4n) is 2.07. The summed E-state index contributed by atoms with van der Waals surface area (Å²) in [5.74, 6) is -2.18. The molecular formula is C15H12BrF3O. The van der Waals surface area contributed by atoms with Gasteiger partial charge in [-0.3, -0.25) is 0 Å². The molecule has 0 aromatic heterocycles. The highest BCUT2D eigenvalue weighted by molar-refractivity contribution is 9.10. The molecule has 1 atom stereocenters. The average molecular weight is 345 g/mol. The van der Waals surface area contributed by atoms with E-state index in [0.29, 0.717) is 0 Å². The van der Waals surface area contributed by atoms with Gasteiger partial charge in [0.25, 0.3) is 0 Å². The second kappa shape index (κ2) is 5.58. The minimum Gasteiger partial charge on any atom is -0.385 e. The predicted molar refractivity (Wildman–Crippen MR) is 73.7 cm³/mol. The van der Waals surface area contributed by atoms with Gasteiger partial charge in [-0.25, -0.2) is 13.2 Å². The Kier molecular flexibility index (Phi) is 4.20. The fourth-order valence-corrected chi connectivity index (χ4v) is 2.44. The zero-order valence-electron chi connectivity index (χ0n) is 10.6. The third-order valence-corrected chi connectivity index (χ3v) is 3.73. The Morgan fingerprint density at radius 1 is 1.05 bits per heavy atom. The molecule has 0 spiro atoms. The highest BCUT2D eigenvalue weighted by atomic mass is 79.9. The summed E-state index contributed by atoms with van der Waals surface area (Å²) in [4.78, 5) is 0. The maximum atomic E-state index is 13.9.